The van der Waals surface area contributed by atoms with E-state index in [-0.39, 0.29) is 28.1 Å². The maximum Gasteiger partial charge on any atom is 0.278 e. The van der Waals surface area contributed by atoms with E-state index in [2.05, 4.69) is 25.7 Å². The molecule has 2 aromatic heterocycles. The molecule has 0 spiro atoms. The van der Waals surface area contributed by atoms with Gasteiger partial charge in [-0.1, -0.05) is 46.7 Å². The van der Waals surface area contributed by atoms with Crippen molar-refractivity contribution in [3.05, 3.63) is 52.0 Å². The van der Waals surface area contributed by atoms with Gasteiger partial charge in [0.05, 0.1) is 5.75 Å². The van der Waals surface area contributed by atoms with Crippen LogP contribution in [0.1, 0.15) is 11.3 Å². The molecule has 0 saturated carbocycles. The van der Waals surface area contributed by atoms with Gasteiger partial charge in [0.2, 0.25) is 5.91 Å². The number of thioether (sulfide) groups is 1. The van der Waals surface area contributed by atoms with Gasteiger partial charge in [0.25, 0.3) is 5.56 Å². The van der Waals surface area contributed by atoms with Crippen molar-refractivity contribution in [2.45, 2.75) is 19.0 Å². The molecule has 8 nitrogen and oxygen atoms in total. The molecule has 0 unspecified atom stereocenters. The minimum atomic E-state index is -0.353. The highest BCUT2D eigenvalue weighted by Crippen LogP contribution is 2.15. The Morgan fingerprint density at radius 1 is 1.24 bits per heavy atom. The average molecular weight is 357 g/mol. The summed E-state index contributed by atoms with van der Waals surface area (Å²) >= 11 is 1.08. The SMILES string of the molecule is Cc1ccc(-c2nnc(SCC(=O)Nc3cc(C)on3)[nH]c2=O)cc1. The van der Waals surface area contributed by atoms with Crippen LogP contribution >= 0.6 is 11.8 Å². The molecule has 0 bridgehead atoms. The molecule has 0 saturated heterocycles. The smallest absolute Gasteiger partial charge is 0.278 e. The molecule has 0 aliphatic rings. The van der Waals surface area contributed by atoms with E-state index in [1.807, 2.05) is 31.2 Å². The van der Waals surface area contributed by atoms with Crippen LogP contribution in [-0.2, 0) is 4.79 Å². The highest BCUT2D eigenvalue weighted by molar-refractivity contribution is 7.99. The van der Waals surface area contributed by atoms with E-state index >= 15 is 0 Å². The van der Waals surface area contributed by atoms with E-state index in [1.54, 1.807) is 13.0 Å². The number of nitrogens with one attached hydrogen (secondary N) is 2. The number of anilines is 1. The van der Waals surface area contributed by atoms with Crippen LogP contribution in [0.4, 0.5) is 5.82 Å². The molecule has 0 fully saturated rings. The van der Waals surface area contributed by atoms with Gasteiger partial charge in [-0.2, -0.15) is 0 Å². The van der Waals surface area contributed by atoms with Crippen LogP contribution in [0.15, 0.2) is 44.8 Å². The zero-order valence-corrected chi connectivity index (χ0v) is 14.4. The second-order valence-electron chi connectivity index (χ2n) is 5.33. The third-order valence-electron chi connectivity index (χ3n) is 3.24. The number of benzene rings is 1. The first-order valence-electron chi connectivity index (χ1n) is 7.41. The van der Waals surface area contributed by atoms with E-state index in [1.165, 1.54) is 0 Å². The molecule has 0 aliphatic carbocycles. The topological polar surface area (TPSA) is 114 Å². The Morgan fingerprint density at radius 3 is 2.64 bits per heavy atom. The lowest BCUT2D eigenvalue weighted by molar-refractivity contribution is -0.113. The van der Waals surface area contributed by atoms with E-state index < -0.39 is 0 Å². The number of amides is 1. The molecule has 1 aromatic carbocycles. The second-order valence-corrected chi connectivity index (χ2v) is 6.30. The highest BCUT2D eigenvalue weighted by atomic mass is 32.2. The molecule has 3 rings (SSSR count). The molecular weight excluding hydrogens is 342 g/mol. The molecule has 0 atom stereocenters. The summed E-state index contributed by atoms with van der Waals surface area (Å²) in [5.41, 5.74) is 1.67. The summed E-state index contributed by atoms with van der Waals surface area (Å²) < 4.78 is 4.87. The van der Waals surface area contributed by atoms with Crippen molar-refractivity contribution in [1.82, 2.24) is 20.3 Å². The lowest BCUT2D eigenvalue weighted by Crippen LogP contribution is -2.17. The molecular formula is C16H15N5O3S. The number of aromatic amines is 1. The highest BCUT2D eigenvalue weighted by Gasteiger charge is 2.11. The van der Waals surface area contributed by atoms with E-state index in [9.17, 15) is 9.59 Å². The predicted molar refractivity (Wildman–Crippen MR) is 93.4 cm³/mol. The first kappa shape index (κ1) is 16.9. The minimum Gasteiger partial charge on any atom is -0.360 e. The number of rotatable bonds is 5. The normalized spacial score (nSPS) is 10.6. The Kier molecular flexibility index (Phi) is 4.94. The monoisotopic (exact) mass is 357 g/mol. The molecule has 2 heterocycles. The van der Waals surface area contributed by atoms with Gasteiger partial charge < -0.3 is 9.84 Å². The van der Waals surface area contributed by atoms with Crippen LogP contribution < -0.4 is 10.9 Å². The molecule has 0 radical (unpaired) electrons. The molecule has 0 aliphatic heterocycles. The first-order chi connectivity index (χ1) is 12.0. The first-order valence-corrected chi connectivity index (χ1v) is 8.40. The fourth-order valence-corrected chi connectivity index (χ4v) is 2.63. The lowest BCUT2D eigenvalue weighted by atomic mass is 10.1. The van der Waals surface area contributed by atoms with Crippen LogP contribution in [0.25, 0.3) is 11.3 Å². The largest absolute Gasteiger partial charge is 0.360 e. The third-order valence-corrected chi connectivity index (χ3v) is 4.10. The Morgan fingerprint density at radius 2 is 2.00 bits per heavy atom. The van der Waals surface area contributed by atoms with Gasteiger partial charge in [-0.15, -0.1) is 10.2 Å². The van der Waals surface area contributed by atoms with Crippen molar-refractivity contribution in [3.63, 3.8) is 0 Å². The molecule has 2 N–H and O–H groups in total. The minimum absolute atomic E-state index is 0.0560. The van der Waals surface area contributed by atoms with Gasteiger partial charge >= 0.3 is 0 Å². The quantitative estimate of drug-likeness (QED) is 0.673. The van der Waals surface area contributed by atoms with Gasteiger partial charge in [0.15, 0.2) is 16.7 Å². The number of H-pyrrole nitrogens is 1. The molecule has 1 amide bonds. The Balaban J connectivity index is 1.64. The summed E-state index contributed by atoms with van der Waals surface area (Å²) in [6.07, 6.45) is 0. The van der Waals surface area contributed by atoms with Crippen molar-refractivity contribution < 1.29 is 9.32 Å². The van der Waals surface area contributed by atoms with Crippen molar-refractivity contribution in [1.29, 1.82) is 0 Å². The van der Waals surface area contributed by atoms with Crippen LogP contribution in [0, 0.1) is 13.8 Å². The summed E-state index contributed by atoms with van der Waals surface area (Å²) in [7, 11) is 0. The zero-order chi connectivity index (χ0) is 17.8. The van der Waals surface area contributed by atoms with Crippen LogP contribution in [-0.4, -0.2) is 32.0 Å². The molecule has 25 heavy (non-hydrogen) atoms. The Labute approximate surface area is 147 Å². The fraction of sp³-hybridized carbons (Fsp3) is 0.188. The Bertz CT molecular complexity index is 949. The predicted octanol–water partition coefficient (Wildman–Crippen LogP) is 2.17. The lowest BCUT2D eigenvalue weighted by Gasteiger charge is -2.03. The van der Waals surface area contributed by atoms with Gasteiger partial charge in [0, 0.05) is 11.6 Å². The van der Waals surface area contributed by atoms with Gasteiger partial charge in [-0.3, -0.25) is 14.6 Å². The maximum absolute atomic E-state index is 12.2. The van der Waals surface area contributed by atoms with Crippen molar-refractivity contribution in [2.75, 3.05) is 11.1 Å². The number of aromatic nitrogens is 4. The van der Waals surface area contributed by atoms with Gasteiger partial charge in [-0.25, -0.2) is 0 Å². The average Bonchev–Trinajstić information content (AvgIpc) is 2.99. The summed E-state index contributed by atoms with van der Waals surface area (Å²) in [6, 6.07) is 9.04. The van der Waals surface area contributed by atoms with E-state index in [0.29, 0.717) is 17.1 Å². The van der Waals surface area contributed by atoms with Crippen LogP contribution in [0.2, 0.25) is 0 Å². The van der Waals surface area contributed by atoms with E-state index in [0.717, 1.165) is 17.3 Å². The van der Waals surface area contributed by atoms with Crippen molar-refractivity contribution in [3.8, 4) is 11.3 Å². The number of aryl methyl sites for hydroxylation is 2. The second kappa shape index (κ2) is 7.31. The number of carbonyl (C=O) groups excluding carboxylic acids is 1. The van der Waals surface area contributed by atoms with Crippen LogP contribution in [0.5, 0.6) is 0 Å². The number of hydrogen-bond donors (Lipinski definition) is 2. The van der Waals surface area contributed by atoms with E-state index in [4.69, 9.17) is 4.52 Å². The van der Waals surface area contributed by atoms with Crippen molar-refractivity contribution in [2.24, 2.45) is 0 Å². The number of nitrogens with zero attached hydrogens (tertiary/aromatic N) is 3. The third kappa shape index (κ3) is 4.32. The molecule has 9 heteroatoms. The summed E-state index contributed by atoms with van der Waals surface area (Å²) in [4.78, 5) is 26.6. The zero-order valence-electron chi connectivity index (χ0n) is 13.6. The van der Waals surface area contributed by atoms with Crippen LogP contribution in [0.3, 0.4) is 0 Å². The summed E-state index contributed by atoms with van der Waals surface area (Å²) in [6.45, 7) is 3.69. The molecule has 3 aromatic rings. The summed E-state index contributed by atoms with van der Waals surface area (Å²) in [5.74, 6) is 0.714. The Hall–Kier alpha value is -2.94. The van der Waals surface area contributed by atoms with Gasteiger partial charge in [0.1, 0.15) is 5.76 Å². The van der Waals surface area contributed by atoms with Gasteiger partial charge in [-0.05, 0) is 13.8 Å². The summed E-state index contributed by atoms with van der Waals surface area (Å²) in [5, 5.41) is 14.5. The number of hydrogen-bond acceptors (Lipinski definition) is 7. The standard InChI is InChI=1S/C16H15N5O3S/c1-9-3-5-11(6-4-9)14-15(23)18-16(20-19-14)25-8-13(22)17-12-7-10(2)24-21-12/h3-7H,8H2,1-2H3,(H,17,21,22)(H,18,20,23). The fourth-order valence-electron chi connectivity index (χ4n) is 2.03. The number of carbonyl (C=O) groups is 1. The maximum atomic E-state index is 12.2. The molecule has 128 valence electrons. The van der Waals surface area contributed by atoms with Crippen molar-refractivity contribution >= 4 is 23.5 Å².